The van der Waals surface area contributed by atoms with Gasteiger partial charge < -0.3 is 16.4 Å². The molecule has 0 spiro atoms. The first-order chi connectivity index (χ1) is 12.0. The normalized spacial score (nSPS) is 15.8. The molecular formula is C18H17N3O3S. The smallest absolute Gasteiger partial charge is 0.248 e. The molecule has 1 heterocycles. The van der Waals surface area contributed by atoms with E-state index >= 15 is 0 Å². The van der Waals surface area contributed by atoms with Crippen molar-refractivity contribution >= 4 is 35.2 Å². The molecule has 7 heteroatoms. The monoisotopic (exact) mass is 355 g/mol. The molecule has 2 aromatic rings. The lowest BCUT2D eigenvalue weighted by molar-refractivity contribution is -0.124. The number of anilines is 1. The van der Waals surface area contributed by atoms with E-state index in [0.29, 0.717) is 5.56 Å². The molecule has 3 rings (SSSR count). The number of hydrogen-bond donors (Lipinski definition) is 3. The molecule has 2 aromatic carbocycles. The largest absolute Gasteiger partial charge is 0.366 e. The third-order valence-electron chi connectivity index (χ3n) is 3.78. The molecule has 25 heavy (non-hydrogen) atoms. The van der Waals surface area contributed by atoms with Gasteiger partial charge in [-0.3, -0.25) is 14.4 Å². The van der Waals surface area contributed by atoms with Crippen molar-refractivity contribution in [1.82, 2.24) is 5.32 Å². The van der Waals surface area contributed by atoms with Gasteiger partial charge in [0.05, 0.1) is 10.9 Å². The number of thioether (sulfide) groups is 1. The van der Waals surface area contributed by atoms with Crippen LogP contribution in [-0.2, 0) is 16.1 Å². The molecule has 128 valence electrons. The van der Waals surface area contributed by atoms with Crippen LogP contribution in [0.25, 0.3) is 0 Å². The van der Waals surface area contributed by atoms with Crippen LogP contribution in [0.2, 0.25) is 0 Å². The second kappa shape index (κ2) is 7.40. The number of carbonyl (C=O) groups excluding carboxylic acids is 3. The number of para-hydroxylation sites is 1. The van der Waals surface area contributed by atoms with E-state index in [9.17, 15) is 14.4 Å². The van der Waals surface area contributed by atoms with Crippen LogP contribution in [0, 0.1) is 0 Å². The van der Waals surface area contributed by atoms with Gasteiger partial charge in [-0.2, -0.15) is 0 Å². The third kappa shape index (κ3) is 4.19. The second-order valence-electron chi connectivity index (χ2n) is 5.64. The highest BCUT2D eigenvalue weighted by molar-refractivity contribution is 8.01. The lowest BCUT2D eigenvalue weighted by Gasteiger charge is -2.23. The Morgan fingerprint density at radius 3 is 2.76 bits per heavy atom. The molecule has 1 atom stereocenters. The summed E-state index contributed by atoms with van der Waals surface area (Å²) >= 11 is 1.39. The van der Waals surface area contributed by atoms with E-state index in [0.717, 1.165) is 16.1 Å². The topological polar surface area (TPSA) is 101 Å². The average Bonchev–Trinajstić information content (AvgIpc) is 2.61. The first-order valence-corrected chi connectivity index (χ1v) is 8.63. The molecule has 0 aliphatic carbocycles. The van der Waals surface area contributed by atoms with Crippen molar-refractivity contribution in [3.63, 3.8) is 0 Å². The molecule has 1 aliphatic rings. The summed E-state index contributed by atoms with van der Waals surface area (Å²) in [6.07, 6.45) is 0.0837. The van der Waals surface area contributed by atoms with Gasteiger partial charge in [0.2, 0.25) is 17.7 Å². The van der Waals surface area contributed by atoms with E-state index < -0.39 is 11.2 Å². The summed E-state index contributed by atoms with van der Waals surface area (Å²) in [4.78, 5) is 36.4. The van der Waals surface area contributed by atoms with Crippen LogP contribution in [-0.4, -0.2) is 23.0 Å². The molecule has 0 bridgehead atoms. The molecule has 3 amide bonds. The van der Waals surface area contributed by atoms with Gasteiger partial charge in [-0.15, -0.1) is 11.8 Å². The van der Waals surface area contributed by atoms with E-state index in [1.807, 2.05) is 24.3 Å². The molecule has 6 nitrogen and oxygen atoms in total. The van der Waals surface area contributed by atoms with Crippen LogP contribution in [0.1, 0.15) is 22.3 Å². The molecule has 0 aromatic heterocycles. The summed E-state index contributed by atoms with van der Waals surface area (Å²) in [6.45, 7) is 0.273. The van der Waals surface area contributed by atoms with Gasteiger partial charge in [-0.1, -0.05) is 24.3 Å². The number of hydrogen-bond acceptors (Lipinski definition) is 4. The Hall–Kier alpha value is -2.80. The van der Waals surface area contributed by atoms with E-state index in [-0.39, 0.29) is 24.8 Å². The summed E-state index contributed by atoms with van der Waals surface area (Å²) < 4.78 is 0. The van der Waals surface area contributed by atoms with Crippen molar-refractivity contribution in [3.05, 3.63) is 59.7 Å². The Morgan fingerprint density at radius 2 is 1.96 bits per heavy atom. The number of fused-ring (bicyclic) bond motifs is 1. The fourth-order valence-electron chi connectivity index (χ4n) is 2.50. The molecule has 0 saturated carbocycles. The third-order valence-corrected chi connectivity index (χ3v) is 5.05. The predicted molar refractivity (Wildman–Crippen MR) is 96.1 cm³/mol. The van der Waals surface area contributed by atoms with Crippen LogP contribution in [0.4, 0.5) is 5.69 Å². The number of carbonyl (C=O) groups is 3. The van der Waals surface area contributed by atoms with Gasteiger partial charge in [0.15, 0.2) is 0 Å². The van der Waals surface area contributed by atoms with E-state index in [4.69, 9.17) is 5.73 Å². The summed E-state index contributed by atoms with van der Waals surface area (Å²) in [6, 6.07) is 14.3. The maximum atomic E-state index is 12.2. The summed E-state index contributed by atoms with van der Waals surface area (Å²) in [7, 11) is 0. The van der Waals surface area contributed by atoms with E-state index in [1.54, 1.807) is 24.3 Å². The zero-order chi connectivity index (χ0) is 17.8. The zero-order valence-electron chi connectivity index (χ0n) is 13.3. The van der Waals surface area contributed by atoms with Crippen LogP contribution in [0.5, 0.6) is 0 Å². The van der Waals surface area contributed by atoms with Gasteiger partial charge >= 0.3 is 0 Å². The zero-order valence-corrected chi connectivity index (χ0v) is 14.1. The molecule has 0 fully saturated rings. The summed E-state index contributed by atoms with van der Waals surface area (Å²) in [5.74, 6) is -0.909. The minimum Gasteiger partial charge on any atom is -0.366 e. The van der Waals surface area contributed by atoms with Crippen molar-refractivity contribution < 1.29 is 14.4 Å². The number of primary amides is 1. The highest BCUT2D eigenvalue weighted by Gasteiger charge is 2.28. The van der Waals surface area contributed by atoms with Crippen LogP contribution in [0.15, 0.2) is 53.4 Å². The molecule has 1 unspecified atom stereocenters. The fourth-order valence-corrected chi connectivity index (χ4v) is 3.61. The molecule has 0 saturated heterocycles. The molecule has 0 radical (unpaired) electrons. The Bertz CT molecular complexity index is 838. The van der Waals surface area contributed by atoms with Crippen LogP contribution < -0.4 is 16.4 Å². The summed E-state index contributed by atoms with van der Waals surface area (Å²) in [5.41, 5.74) is 7.19. The summed E-state index contributed by atoms with van der Waals surface area (Å²) in [5, 5.41) is 5.12. The van der Waals surface area contributed by atoms with Crippen LogP contribution >= 0.6 is 11.8 Å². The Morgan fingerprint density at radius 1 is 1.16 bits per heavy atom. The Kier molecular flexibility index (Phi) is 5.04. The first-order valence-electron chi connectivity index (χ1n) is 7.75. The van der Waals surface area contributed by atoms with E-state index in [1.165, 1.54) is 11.8 Å². The van der Waals surface area contributed by atoms with E-state index in [2.05, 4.69) is 10.6 Å². The average molecular weight is 355 g/mol. The predicted octanol–water partition coefficient (Wildman–Crippen LogP) is 1.90. The SMILES string of the molecule is NC(=O)c1cccc(CNC(=O)CC2Sc3ccccc3NC2=O)c1. The highest BCUT2D eigenvalue weighted by atomic mass is 32.2. The van der Waals surface area contributed by atoms with Crippen LogP contribution in [0.3, 0.4) is 0 Å². The Balaban J connectivity index is 1.57. The van der Waals surface area contributed by atoms with Crippen molar-refractivity contribution in [2.24, 2.45) is 5.73 Å². The number of nitrogens with two attached hydrogens (primary N) is 1. The van der Waals surface area contributed by atoms with Gasteiger partial charge in [0.25, 0.3) is 0 Å². The van der Waals surface area contributed by atoms with Crippen molar-refractivity contribution in [1.29, 1.82) is 0 Å². The second-order valence-corrected chi connectivity index (χ2v) is 6.88. The van der Waals surface area contributed by atoms with Gasteiger partial charge in [-0.05, 0) is 29.8 Å². The maximum Gasteiger partial charge on any atom is 0.248 e. The highest BCUT2D eigenvalue weighted by Crippen LogP contribution is 2.36. The number of amides is 3. The minimum absolute atomic E-state index is 0.0837. The molecule has 1 aliphatic heterocycles. The van der Waals surface area contributed by atoms with Gasteiger partial charge in [0, 0.05) is 23.4 Å². The van der Waals surface area contributed by atoms with Gasteiger partial charge in [0.1, 0.15) is 0 Å². The number of benzene rings is 2. The molecular weight excluding hydrogens is 338 g/mol. The number of rotatable bonds is 5. The standard InChI is InChI=1S/C18H17N3O3S/c19-17(23)12-5-3-4-11(8-12)10-20-16(22)9-15-18(24)21-13-6-1-2-7-14(13)25-15/h1-8,15H,9-10H2,(H2,19,23)(H,20,22)(H,21,24). The Labute approximate surface area is 149 Å². The quantitative estimate of drug-likeness (QED) is 0.762. The molecule has 4 N–H and O–H groups in total. The van der Waals surface area contributed by atoms with Crippen molar-refractivity contribution in [2.75, 3.05) is 5.32 Å². The lowest BCUT2D eigenvalue weighted by atomic mass is 10.1. The lowest BCUT2D eigenvalue weighted by Crippen LogP contribution is -2.34. The van der Waals surface area contributed by atoms with Crippen molar-refractivity contribution in [3.8, 4) is 0 Å². The maximum absolute atomic E-state index is 12.2. The van der Waals surface area contributed by atoms with Crippen molar-refractivity contribution in [2.45, 2.75) is 23.1 Å². The minimum atomic E-state index is -0.512. The fraction of sp³-hybridized carbons (Fsp3) is 0.167. The van der Waals surface area contributed by atoms with Gasteiger partial charge in [-0.25, -0.2) is 0 Å². The number of nitrogens with one attached hydrogen (secondary N) is 2. The first kappa shape index (κ1) is 17.0.